The second kappa shape index (κ2) is 7.87. The number of fused-ring (bicyclic) bond motifs is 1. The van der Waals surface area contributed by atoms with E-state index < -0.39 is 27.4 Å². The molecule has 8 heteroatoms. The highest BCUT2D eigenvalue weighted by Crippen LogP contribution is 2.32. The van der Waals surface area contributed by atoms with E-state index in [9.17, 15) is 22.0 Å². The van der Waals surface area contributed by atoms with Gasteiger partial charge in [0, 0.05) is 24.7 Å². The van der Waals surface area contributed by atoms with Gasteiger partial charge in [-0.3, -0.25) is 9.78 Å². The highest BCUT2D eigenvalue weighted by atomic mass is 32.2. The van der Waals surface area contributed by atoms with E-state index >= 15 is 0 Å². The van der Waals surface area contributed by atoms with Crippen LogP contribution in [-0.4, -0.2) is 37.3 Å². The Labute approximate surface area is 167 Å². The Kier molecular flexibility index (Phi) is 5.66. The van der Waals surface area contributed by atoms with Crippen molar-refractivity contribution in [2.45, 2.75) is 30.6 Å². The number of hydrogen-bond donors (Lipinski definition) is 0. The van der Waals surface area contributed by atoms with Gasteiger partial charge in [0.25, 0.3) is 5.91 Å². The molecule has 1 amide bonds. The number of halogens is 2. The summed E-state index contributed by atoms with van der Waals surface area (Å²) in [6, 6.07) is 7.04. The van der Waals surface area contributed by atoms with Gasteiger partial charge in [0.1, 0.15) is 11.6 Å². The monoisotopic (exact) mass is 418 g/mol. The molecular formula is C21H20F2N2O3S. The number of carbonyl (C=O) groups excluding carboxylic acids is 1. The zero-order chi connectivity index (χ0) is 21.3. The smallest absolute Gasteiger partial charge is 0.256 e. The molecule has 0 bridgehead atoms. The van der Waals surface area contributed by atoms with Crippen LogP contribution in [-0.2, 0) is 9.84 Å². The van der Waals surface area contributed by atoms with Crippen LogP contribution in [0.4, 0.5) is 8.78 Å². The van der Waals surface area contributed by atoms with Gasteiger partial charge in [-0.1, -0.05) is 6.07 Å². The van der Waals surface area contributed by atoms with Gasteiger partial charge < -0.3 is 4.90 Å². The van der Waals surface area contributed by atoms with Crippen LogP contribution < -0.4 is 0 Å². The fraction of sp³-hybridized carbons (Fsp3) is 0.238. The molecule has 1 aromatic heterocycles. The van der Waals surface area contributed by atoms with Crippen molar-refractivity contribution in [1.82, 2.24) is 9.88 Å². The van der Waals surface area contributed by atoms with Crippen LogP contribution in [0, 0.1) is 18.6 Å². The Morgan fingerprint density at radius 1 is 1.07 bits per heavy atom. The maximum atomic E-state index is 14.1. The molecule has 0 aliphatic heterocycles. The van der Waals surface area contributed by atoms with Gasteiger partial charge in [-0.05, 0) is 56.7 Å². The zero-order valence-electron chi connectivity index (χ0n) is 16.2. The summed E-state index contributed by atoms with van der Waals surface area (Å²) < 4.78 is 55.0. The zero-order valence-corrected chi connectivity index (χ0v) is 17.1. The molecule has 0 aliphatic rings. The molecule has 0 aliphatic carbocycles. The number of hydrogen-bond acceptors (Lipinski definition) is 4. The van der Waals surface area contributed by atoms with Gasteiger partial charge >= 0.3 is 0 Å². The highest BCUT2D eigenvalue weighted by Gasteiger charge is 2.30. The second-order valence-corrected chi connectivity index (χ2v) is 8.44. The SMILES string of the molecule is CCN(CC)C(=O)c1cnc2ccc(F)cc2c1S(=O)(=O)c1ccc(C)c(F)c1. The van der Waals surface area contributed by atoms with Crippen molar-refractivity contribution in [1.29, 1.82) is 0 Å². The van der Waals surface area contributed by atoms with Crippen LogP contribution in [0.5, 0.6) is 0 Å². The summed E-state index contributed by atoms with van der Waals surface area (Å²) in [6.07, 6.45) is 1.18. The van der Waals surface area contributed by atoms with Crippen molar-refractivity contribution in [3.05, 3.63) is 65.4 Å². The van der Waals surface area contributed by atoms with Gasteiger partial charge in [-0.25, -0.2) is 17.2 Å². The average Bonchev–Trinajstić information content (AvgIpc) is 2.69. The number of aromatic nitrogens is 1. The maximum Gasteiger partial charge on any atom is 0.256 e. The number of nitrogens with zero attached hydrogens (tertiary/aromatic N) is 2. The van der Waals surface area contributed by atoms with Crippen molar-refractivity contribution in [2.24, 2.45) is 0 Å². The minimum absolute atomic E-state index is 0.0241. The van der Waals surface area contributed by atoms with Crippen LogP contribution >= 0.6 is 0 Å². The van der Waals surface area contributed by atoms with Crippen LogP contribution in [0.15, 0.2) is 52.4 Å². The Morgan fingerprint density at radius 2 is 1.76 bits per heavy atom. The largest absolute Gasteiger partial charge is 0.339 e. The molecule has 0 saturated heterocycles. The number of benzene rings is 2. The quantitative estimate of drug-likeness (QED) is 0.625. The summed E-state index contributed by atoms with van der Waals surface area (Å²) in [6.45, 7) is 5.75. The number of carbonyl (C=O) groups is 1. The van der Waals surface area contributed by atoms with E-state index in [1.807, 2.05) is 0 Å². The first-order valence-electron chi connectivity index (χ1n) is 9.09. The van der Waals surface area contributed by atoms with Crippen LogP contribution in [0.1, 0.15) is 29.8 Å². The van der Waals surface area contributed by atoms with Crippen molar-refractivity contribution in [3.63, 3.8) is 0 Å². The van der Waals surface area contributed by atoms with E-state index in [0.29, 0.717) is 13.1 Å². The van der Waals surface area contributed by atoms with E-state index in [1.54, 1.807) is 13.8 Å². The first kappa shape index (κ1) is 20.9. The summed E-state index contributed by atoms with van der Waals surface area (Å²) in [7, 11) is -4.34. The summed E-state index contributed by atoms with van der Waals surface area (Å²) in [5.74, 6) is -1.90. The minimum atomic E-state index is -4.34. The molecule has 0 unspecified atom stereocenters. The summed E-state index contributed by atoms with van der Waals surface area (Å²) in [4.78, 5) is 17.9. The van der Waals surface area contributed by atoms with Crippen molar-refractivity contribution < 1.29 is 22.0 Å². The van der Waals surface area contributed by atoms with Crippen molar-refractivity contribution in [2.75, 3.05) is 13.1 Å². The molecule has 29 heavy (non-hydrogen) atoms. The van der Waals surface area contributed by atoms with E-state index in [0.717, 1.165) is 18.2 Å². The molecule has 5 nitrogen and oxygen atoms in total. The Morgan fingerprint density at radius 3 is 2.38 bits per heavy atom. The first-order chi connectivity index (χ1) is 13.7. The van der Waals surface area contributed by atoms with Gasteiger partial charge in [-0.15, -0.1) is 0 Å². The van der Waals surface area contributed by atoms with Crippen LogP contribution in [0.2, 0.25) is 0 Å². The van der Waals surface area contributed by atoms with Crippen LogP contribution in [0.3, 0.4) is 0 Å². The molecule has 2 aromatic carbocycles. The summed E-state index contributed by atoms with van der Waals surface area (Å²) in [5, 5.41) is -0.0241. The predicted molar refractivity (Wildman–Crippen MR) is 106 cm³/mol. The lowest BCUT2D eigenvalue weighted by atomic mass is 10.1. The number of rotatable bonds is 5. The lowest BCUT2D eigenvalue weighted by molar-refractivity contribution is 0.0769. The Balaban J connectivity index is 2.39. The molecule has 0 saturated carbocycles. The average molecular weight is 418 g/mol. The molecule has 3 aromatic rings. The van der Waals surface area contributed by atoms with E-state index in [2.05, 4.69) is 4.98 Å². The van der Waals surface area contributed by atoms with Crippen molar-refractivity contribution >= 4 is 26.6 Å². The standard InChI is InChI=1S/C21H20F2N2O3S/c1-4-25(5-2)21(26)17-12-24-19-9-7-14(22)10-16(19)20(17)29(27,28)15-8-6-13(3)18(23)11-15/h6-12H,4-5H2,1-3H3. The van der Waals surface area contributed by atoms with E-state index in [-0.39, 0.29) is 31.8 Å². The Hall–Kier alpha value is -2.87. The molecule has 3 rings (SSSR count). The number of sulfone groups is 1. The normalized spacial score (nSPS) is 11.6. The third-order valence-corrected chi connectivity index (χ3v) is 6.64. The predicted octanol–water partition coefficient (Wildman–Crippen LogP) is 4.14. The third kappa shape index (κ3) is 3.72. The summed E-state index contributed by atoms with van der Waals surface area (Å²) in [5.41, 5.74) is 0.329. The lowest BCUT2D eigenvalue weighted by Gasteiger charge is -2.21. The maximum absolute atomic E-state index is 14.1. The fourth-order valence-electron chi connectivity index (χ4n) is 3.12. The molecule has 1 heterocycles. The molecule has 152 valence electrons. The number of aryl methyl sites for hydroxylation is 1. The third-order valence-electron chi connectivity index (χ3n) is 4.78. The fourth-order valence-corrected chi connectivity index (χ4v) is 4.75. The molecule has 0 N–H and O–H groups in total. The van der Waals surface area contributed by atoms with E-state index in [4.69, 9.17) is 0 Å². The van der Waals surface area contributed by atoms with Crippen molar-refractivity contribution in [3.8, 4) is 0 Å². The molecule has 0 atom stereocenters. The van der Waals surface area contributed by atoms with Gasteiger partial charge in [0.2, 0.25) is 9.84 Å². The second-order valence-electron chi connectivity index (χ2n) is 6.55. The van der Waals surface area contributed by atoms with Crippen LogP contribution in [0.25, 0.3) is 10.9 Å². The highest BCUT2D eigenvalue weighted by molar-refractivity contribution is 7.91. The van der Waals surface area contributed by atoms with Gasteiger partial charge in [0.05, 0.1) is 20.9 Å². The number of amides is 1. The van der Waals surface area contributed by atoms with Gasteiger partial charge in [0.15, 0.2) is 0 Å². The molecule has 0 radical (unpaired) electrons. The molecular weight excluding hydrogens is 398 g/mol. The van der Waals surface area contributed by atoms with Gasteiger partial charge in [-0.2, -0.15) is 0 Å². The Bertz CT molecular complexity index is 1210. The first-order valence-corrected chi connectivity index (χ1v) is 10.6. The lowest BCUT2D eigenvalue weighted by Crippen LogP contribution is -2.31. The topological polar surface area (TPSA) is 67.3 Å². The van der Waals surface area contributed by atoms with E-state index in [1.165, 1.54) is 36.2 Å². The summed E-state index contributed by atoms with van der Waals surface area (Å²) >= 11 is 0. The molecule has 0 fully saturated rings. The number of pyridine rings is 1. The minimum Gasteiger partial charge on any atom is -0.339 e. The molecule has 0 spiro atoms.